The van der Waals surface area contributed by atoms with Gasteiger partial charge in [0.15, 0.2) is 0 Å². The fourth-order valence-electron chi connectivity index (χ4n) is 2.93. The maximum Gasteiger partial charge on any atom is 0.0460 e. The topological polar surface area (TPSA) is 12.0 Å². The first-order valence-corrected chi connectivity index (χ1v) is 8.99. The maximum atomic E-state index is 3.75. The second kappa shape index (κ2) is 6.42. The maximum absolute atomic E-state index is 3.75. The largest absolute Gasteiger partial charge is 0.309 e. The summed E-state index contributed by atoms with van der Waals surface area (Å²) in [5.41, 5.74) is 1.49. The lowest BCUT2D eigenvalue weighted by molar-refractivity contribution is 0.478. The van der Waals surface area contributed by atoms with Crippen LogP contribution in [0.3, 0.4) is 0 Å². The molecule has 1 nitrogen and oxygen atoms in total. The molecule has 0 amide bonds. The minimum Gasteiger partial charge on any atom is -0.309 e. The summed E-state index contributed by atoms with van der Waals surface area (Å²) in [6, 6.07) is 13.6. The van der Waals surface area contributed by atoms with Crippen molar-refractivity contribution in [2.45, 2.75) is 31.7 Å². The Labute approximate surface area is 133 Å². The molecule has 0 bridgehead atoms. The van der Waals surface area contributed by atoms with Gasteiger partial charge in [-0.3, -0.25) is 0 Å². The summed E-state index contributed by atoms with van der Waals surface area (Å²) in [6.45, 7) is 3.32. The molecule has 1 N–H and O–H groups in total. The molecule has 3 rings (SSSR count). The molecule has 1 heterocycles. The molecule has 1 aromatic heterocycles. The summed E-state index contributed by atoms with van der Waals surface area (Å²) in [5, 5.41) is 5.94. The van der Waals surface area contributed by atoms with Crippen LogP contribution in [0.25, 0.3) is 0 Å². The zero-order valence-electron chi connectivity index (χ0n) is 11.7. The molecular formula is C17H20BrNS. The van der Waals surface area contributed by atoms with Gasteiger partial charge in [-0.1, -0.05) is 37.3 Å². The van der Waals surface area contributed by atoms with Gasteiger partial charge in [-0.25, -0.2) is 0 Å². The van der Waals surface area contributed by atoms with Gasteiger partial charge in [-0.15, -0.1) is 11.3 Å². The molecule has 0 radical (unpaired) electrons. The van der Waals surface area contributed by atoms with Crippen molar-refractivity contribution in [1.82, 2.24) is 5.32 Å². The number of hydrogen-bond acceptors (Lipinski definition) is 2. The van der Waals surface area contributed by atoms with Crippen LogP contribution in [0.2, 0.25) is 0 Å². The van der Waals surface area contributed by atoms with Crippen LogP contribution in [-0.4, -0.2) is 6.54 Å². The lowest BCUT2D eigenvalue weighted by atomic mass is 10.0. The van der Waals surface area contributed by atoms with Crippen LogP contribution in [0.15, 0.2) is 46.3 Å². The standard InChI is InChI=1S/C17H20BrNS/c1-2-9-19-16(17-15(18)8-10-20-17)14-11-13(14)12-6-4-3-5-7-12/h3-8,10,13-14,16,19H,2,9,11H2,1H3. The third-order valence-corrected chi connectivity index (χ3v) is 5.99. The Bertz CT molecular complexity index is 551. The molecule has 1 aromatic carbocycles. The number of halogens is 1. The second-order valence-corrected chi connectivity index (χ2v) is 7.28. The molecule has 2 aromatic rings. The Morgan fingerprint density at radius 3 is 2.75 bits per heavy atom. The van der Waals surface area contributed by atoms with E-state index in [4.69, 9.17) is 0 Å². The molecule has 3 unspecified atom stereocenters. The van der Waals surface area contributed by atoms with E-state index in [-0.39, 0.29) is 0 Å². The highest BCUT2D eigenvalue weighted by molar-refractivity contribution is 9.10. The summed E-state index contributed by atoms with van der Waals surface area (Å²) < 4.78 is 1.26. The molecule has 1 aliphatic carbocycles. The van der Waals surface area contributed by atoms with Gasteiger partial charge in [-0.05, 0) is 64.2 Å². The SMILES string of the molecule is CCCNC(c1sccc1Br)C1CC1c1ccccc1. The monoisotopic (exact) mass is 349 g/mol. The van der Waals surface area contributed by atoms with Gasteiger partial charge in [0.25, 0.3) is 0 Å². The van der Waals surface area contributed by atoms with Gasteiger partial charge in [0.05, 0.1) is 0 Å². The third kappa shape index (κ3) is 3.00. The fourth-order valence-corrected chi connectivity index (χ4v) is 4.70. The zero-order valence-corrected chi connectivity index (χ0v) is 14.1. The van der Waals surface area contributed by atoms with Crippen LogP contribution in [0.5, 0.6) is 0 Å². The van der Waals surface area contributed by atoms with E-state index in [1.165, 1.54) is 27.8 Å². The van der Waals surface area contributed by atoms with Crippen LogP contribution in [0.4, 0.5) is 0 Å². The molecule has 1 aliphatic rings. The Morgan fingerprint density at radius 2 is 2.10 bits per heavy atom. The summed E-state index contributed by atoms with van der Waals surface area (Å²) in [4.78, 5) is 1.46. The third-order valence-electron chi connectivity index (χ3n) is 4.04. The first kappa shape index (κ1) is 14.3. The molecule has 0 saturated heterocycles. The van der Waals surface area contributed by atoms with Crippen LogP contribution in [0.1, 0.15) is 42.2 Å². The first-order valence-electron chi connectivity index (χ1n) is 7.32. The van der Waals surface area contributed by atoms with Crippen molar-refractivity contribution >= 4 is 27.3 Å². The number of rotatable bonds is 6. The van der Waals surface area contributed by atoms with E-state index in [1.807, 2.05) is 11.3 Å². The van der Waals surface area contributed by atoms with Crippen molar-refractivity contribution < 1.29 is 0 Å². The number of hydrogen-bond donors (Lipinski definition) is 1. The highest BCUT2D eigenvalue weighted by Gasteiger charge is 2.44. The van der Waals surface area contributed by atoms with E-state index in [0.717, 1.165) is 18.4 Å². The molecule has 1 fully saturated rings. The molecule has 106 valence electrons. The molecular weight excluding hydrogens is 330 g/mol. The molecule has 0 spiro atoms. The highest BCUT2D eigenvalue weighted by Crippen LogP contribution is 2.55. The average molecular weight is 350 g/mol. The first-order chi connectivity index (χ1) is 9.81. The summed E-state index contributed by atoms with van der Waals surface area (Å²) >= 11 is 5.57. The lowest BCUT2D eigenvalue weighted by Crippen LogP contribution is -2.23. The summed E-state index contributed by atoms with van der Waals surface area (Å²) in [7, 11) is 0. The Morgan fingerprint density at radius 1 is 1.30 bits per heavy atom. The van der Waals surface area contributed by atoms with Gasteiger partial charge >= 0.3 is 0 Å². The molecule has 3 heteroatoms. The summed E-state index contributed by atoms with van der Waals surface area (Å²) in [6.07, 6.45) is 2.48. The van der Waals surface area contributed by atoms with Gasteiger partial charge in [0, 0.05) is 15.4 Å². The van der Waals surface area contributed by atoms with E-state index in [0.29, 0.717) is 6.04 Å². The normalized spacial score (nSPS) is 22.7. The lowest BCUT2D eigenvalue weighted by Gasteiger charge is -2.18. The van der Waals surface area contributed by atoms with E-state index in [1.54, 1.807) is 0 Å². The van der Waals surface area contributed by atoms with E-state index in [2.05, 4.69) is 69.9 Å². The van der Waals surface area contributed by atoms with E-state index < -0.39 is 0 Å². The van der Waals surface area contributed by atoms with Crippen LogP contribution < -0.4 is 5.32 Å². The van der Waals surface area contributed by atoms with E-state index in [9.17, 15) is 0 Å². The Balaban J connectivity index is 1.77. The molecule has 0 aliphatic heterocycles. The molecule has 3 atom stereocenters. The minimum atomic E-state index is 0.495. The predicted octanol–water partition coefficient (Wildman–Crippen LogP) is 5.36. The molecule has 1 saturated carbocycles. The van der Waals surface area contributed by atoms with Crippen molar-refractivity contribution in [1.29, 1.82) is 0 Å². The Kier molecular flexibility index (Phi) is 4.59. The number of benzene rings is 1. The number of thiophene rings is 1. The summed E-state index contributed by atoms with van der Waals surface area (Å²) in [5.74, 6) is 1.46. The van der Waals surface area contributed by atoms with Crippen molar-refractivity contribution in [3.05, 3.63) is 56.7 Å². The van der Waals surface area contributed by atoms with Crippen LogP contribution in [0, 0.1) is 5.92 Å². The van der Waals surface area contributed by atoms with Gasteiger partial charge in [0.2, 0.25) is 0 Å². The Hall–Kier alpha value is -0.640. The van der Waals surface area contributed by atoms with Crippen molar-refractivity contribution in [3.8, 4) is 0 Å². The van der Waals surface area contributed by atoms with Crippen molar-refractivity contribution in [3.63, 3.8) is 0 Å². The number of nitrogens with one attached hydrogen (secondary N) is 1. The average Bonchev–Trinajstić information content (AvgIpc) is 3.16. The second-order valence-electron chi connectivity index (χ2n) is 5.48. The fraction of sp³-hybridized carbons (Fsp3) is 0.412. The molecule has 20 heavy (non-hydrogen) atoms. The van der Waals surface area contributed by atoms with Crippen LogP contribution in [-0.2, 0) is 0 Å². The quantitative estimate of drug-likeness (QED) is 0.740. The van der Waals surface area contributed by atoms with Gasteiger partial charge < -0.3 is 5.32 Å². The van der Waals surface area contributed by atoms with Gasteiger partial charge in [0.1, 0.15) is 0 Å². The van der Waals surface area contributed by atoms with Gasteiger partial charge in [-0.2, -0.15) is 0 Å². The van der Waals surface area contributed by atoms with Crippen molar-refractivity contribution in [2.75, 3.05) is 6.54 Å². The van der Waals surface area contributed by atoms with Crippen molar-refractivity contribution in [2.24, 2.45) is 5.92 Å². The minimum absolute atomic E-state index is 0.495. The predicted molar refractivity (Wildman–Crippen MR) is 90.3 cm³/mol. The highest BCUT2D eigenvalue weighted by atomic mass is 79.9. The smallest absolute Gasteiger partial charge is 0.0460 e. The van der Waals surface area contributed by atoms with E-state index >= 15 is 0 Å². The van der Waals surface area contributed by atoms with Crippen LogP contribution >= 0.6 is 27.3 Å². The zero-order chi connectivity index (χ0) is 13.9.